The normalized spacial score (nSPS) is 32.5. The molecule has 1 saturated carbocycles. The largest absolute Gasteiger partial charge is 0.508 e. The number of halogens is 4. The van der Waals surface area contributed by atoms with Crippen LogP contribution >= 0.6 is 55.1 Å². The number of carbonyl (C=O) groups is 5. The number of fused-ring (bicyclic) bond motifs is 4. The zero-order valence-corrected chi connectivity index (χ0v) is 25.6. The Bertz CT molecular complexity index is 1620. The molecule has 2 heterocycles. The number of hydrogen-bond acceptors (Lipinski definition) is 6. The Kier molecular flexibility index (Phi) is 6.68. The number of likely N-dealkylation sites (tertiary alicyclic amines) is 1. The molecule has 2 saturated heterocycles. The molecule has 0 spiro atoms. The molecule has 6 atom stereocenters. The van der Waals surface area contributed by atoms with E-state index in [0.29, 0.717) is 10.0 Å². The molecule has 6 rings (SSSR count). The third-order valence-corrected chi connectivity index (χ3v) is 11.1. The van der Waals surface area contributed by atoms with Crippen molar-refractivity contribution >= 4 is 90.3 Å². The second kappa shape index (κ2) is 9.65. The van der Waals surface area contributed by atoms with Gasteiger partial charge in [-0.2, -0.15) is 0 Å². The first-order chi connectivity index (χ1) is 19.4. The zero-order valence-electron chi connectivity index (χ0n) is 20.9. The van der Waals surface area contributed by atoms with Crippen molar-refractivity contribution in [1.29, 1.82) is 0 Å². The predicted octanol–water partition coefficient (Wildman–Crippen LogP) is 4.77. The first-order valence-electron chi connectivity index (χ1n) is 12.6. The Hall–Kier alpha value is -2.73. The molecular weight excluding hydrogens is 707 g/mol. The number of rotatable bonds is 4. The lowest BCUT2D eigenvalue weighted by Gasteiger charge is -2.50. The van der Waals surface area contributed by atoms with Gasteiger partial charge in [0.25, 0.3) is 11.8 Å². The van der Waals surface area contributed by atoms with Crippen LogP contribution in [0.5, 0.6) is 5.75 Å². The predicted molar refractivity (Wildman–Crippen MR) is 155 cm³/mol. The van der Waals surface area contributed by atoms with Crippen molar-refractivity contribution in [3.8, 4) is 5.75 Å². The second-order valence-corrected chi connectivity index (χ2v) is 13.2. The summed E-state index contributed by atoms with van der Waals surface area (Å²) in [6, 6.07) is 10.2. The topological polar surface area (TPSA) is 132 Å². The maximum atomic E-state index is 14.0. The van der Waals surface area contributed by atoms with Crippen LogP contribution < -0.4 is 4.90 Å². The van der Waals surface area contributed by atoms with Crippen LogP contribution in [0.15, 0.2) is 58.6 Å². The maximum absolute atomic E-state index is 14.0. The van der Waals surface area contributed by atoms with Gasteiger partial charge in [-0.15, -0.1) is 23.2 Å². The van der Waals surface area contributed by atoms with Crippen LogP contribution in [0, 0.1) is 17.8 Å². The van der Waals surface area contributed by atoms with E-state index in [1.807, 2.05) is 0 Å². The zero-order chi connectivity index (χ0) is 29.6. The van der Waals surface area contributed by atoms with Crippen LogP contribution in [-0.4, -0.2) is 59.9 Å². The Morgan fingerprint density at radius 1 is 1.02 bits per heavy atom. The molecule has 2 aliphatic carbocycles. The minimum atomic E-state index is -2.03. The first-order valence-corrected chi connectivity index (χ1v) is 15.2. The number of anilines is 1. The highest BCUT2D eigenvalue weighted by Crippen LogP contribution is 2.66. The van der Waals surface area contributed by atoms with Gasteiger partial charge in [0.15, 0.2) is 9.75 Å². The summed E-state index contributed by atoms with van der Waals surface area (Å²) >= 11 is 20.9. The van der Waals surface area contributed by atoms with Crippen LogP contribution in [0.4, 0.5) is 5.69 Å². The molecular formula is C28H20Br2Cl2N2O7. The van der Waals surface area contributed by atoms with Crippen molar-refractivity contribution < 1.29 is 34.2 Å². The Morgan fingerprint density at radius 3 is 2.44 bits per heavy atom. The molecule has 9 nitrogen and oxygen atoms in total. The molecule has 3 fully saturated rings. The molecule has 13 heteroatoms. The highest BCUT2D eigenvalue weighted by molar-refractivity contribution is 9.10. The van der Waals surface area contributed by atoms with E-state index in [1.54, 1.807) is 18.2 Å². The van der Waals surface area contributed by atoms with Gasteiger partial charge >= 0.3 is 5.97 Å². The summed E-state index contributed by atoms with van der Waals surface area (Å²) in [7, 11) is 0. The Labute approximate surface area is 260 Å². The molecule has 0 bridgehead atoms. The number of allylic oxidation sites excluding steroid dienone is 2. The second-order valence-electron chi connectivity index (χ2n) is 10.6. The van der Waals surface area contributed by atoms with E-state index < -0.39 is 63.0 Å². The molecule has 0 unspecified atom stereocenters. The monoisotopic (exact) mass is 724 g/mol. The van der Waals surface area contributed by atoms with Crippen LogP contribution in [0.25, 0.3) is 0 Å². The number of nitrogens with zero attached hydrogens (tertiary/aromatic N) is 2. The molecule has 4 aliphatic rings. The van der Waals surface area contributed by atoms with Crippen molar-refractivity contribution in [3.63, 3.8) is 0 Å². The summed E-state index contributed by atoms with van der Waals surface area (Å²) in [4.78, 5) is 64.6. The van der Waals surface area contributed by atoms with Crippen LogP contribution in [0.3, 0.4) is 0 Å². The quantitative estimate of drug-likeness (QED) is 0.201. The van der Waals surface area contributed by atoms with Crippen LogP contribution in [-0.2, 0) is 19.2 Å². The molecule has 0 aromatic heterocycles. The summed E-state index contributed by atoms with van der Waals surface area (Å²) in [6.07, 6.45) is 1.69. The number of phenolic OH excluding ortho intramolecular Hbond substituents is 1. The fraction of sp³-hybridized carbons (Fsp3) is 0.321. The van der Waals surface area contributed by atoms with Gasteiger partial charge in [-0.25, -0.2) is 4.79 Å². The smallest absolute Gasteiger partial charge is 0.335 e. The standard InChI is InChI=1S/C28H20Br2Cl2N2O7/c29-11-33-25(40)27(31)10-18-15(21(28(27,32)26(33)41)17-9-13(30)4-7-19(17)35)5-6-16-20(18)23(37)34(22(16)36)14-3-1-2-12(8-14)24(38)39/h1-5,7-9,16,18,20-21,35H,6,10-11H2,(H,38,39)/t16-,18+,20-,21+,27+,28-/m0/s1. The summed E-state index contributed by atoms with van der Waals surface area (Å²) < 4.78 is 0.577. The van der Waals surface area contributed by atoms with E-state index in [9.17, 15) is 34.2 Å². The van der Waals surface area contributed by atoms with E-state index in [1.165, 1.54) is 30.3 Å². The van der Waals surface area contributed by atoms with E-state index in [0.717, 1.165) is 9.80 Å². The molecule has 41 heavy (non-hydrogen) atoms. The summed E-state index contributed by atoms with van der Waals surface area (Å²) in [5.74, 6) is -7.56. The fourth-order valence-corrected chi connectivity index (χ4v) is 8.68. The third-order valence-electron chi connectivity index (χ3n) is 8.67. The van der Waals surface area contributed by atoms with Crippen LogP contribution in [0.1, 0.15) is 34.7 Å². The van der Waals surface area contributed by atoms with Crippen molar-refractivity contribution in [2.45, 2.75) is 28.5 Å². The highest BCUT2D eigenvalue weighted by atomic mass is 79.9. The van der Waals surface area contributed by atoms with Gasteiger partial charge in [0.05, 0.1) is 28.5 Å². The number of amides is 4. The number of carboxylic acids is 1. The van der Waals surface area contributed by atoms with Gasteiger partial charge in [0, 0.05) is 16.0 Å². The molecule has 212 valence electrons. The number of alkyl halides is 3. The fourth-order valence-electron chi connectivity index (χ4n) is 6.89. The van der Waals surface area contributed by atoms with Gasteiger partial charge in [0.1, 0.15) is 5.75 Å². The van der Waals surface area contributed by atoms with Gasteiger partial charge < -0.3 is 10.2 Å². The molecule has 0 radical (unpaired) electrons. The third kappa shape index (κ3) is 3.74. The summed E-state index contributed by atoms with van der Waals surface area (Å²) in [6.45, 7) is 0. The van der Waals surface area contributed by atoms with Crippen molar-refractivity contribution in [2.75, 3.05) is 10.4 Å². The highest BCUT2D eigenvalue weighted by Gasteiger charge is 2.76. The lowest BCUT2D eigenvalue weighted by Crippen LogP contribution is -2.60. The molecule has 2 aromatic rings. The lowest BCUT2D eigenvalue weighted by atomic mass is 9.56. The number of aromatic carboxylic acids is 1. The lowest BCUT2D eigenvalue weighted by molar-refractivity contribution is -0.138. The minimum Gasteiger partial charge on any atom is -0.508 e. The van der Waals surface area contributed by atoms with Gasteiger partial charge in [-0.05, 0) is 55.2 Å². The van der Waals surface area contributed by atoms with Crippen LogP contribution in [0.2, 0.25) is 0 Å². The van der Waals surface area contributed by atoms with Crippen molar-refractivity contribution in [1.82, 2.24) is 4.90 Å². The van der Waals surface area contributed by atoms with Gasteiger partial charge in [-0.3, -0.25) is 29.0 Å². The Morgan fingerprint density at radius 2 is 1.76 bits per heavy atom. The number of carbonyl (C=O) groups excluding carboxylic acids is 4. The average Bonchev–Trinajstić information content (AvgIpc) is 3.28. The first kappa shape index (κ1) is 28.4. The summed E-state index contributed by atoms with van der Waals surface area (Å²) in [5.41, 5.74) is 0.653. The summed E-state index contributed by atoms with van der Waals surface area (Å²) in [5, 5.41) is 20.4. The number of imide groups is 2. The molecule has 2 N–H and O–H groups in total. The molecule has 4 amide bonds. The minimum absolute atomic E-state index is 0.0868. The van der Waals surface area contributed by atoms with Gasteiger partial charge in [0.2, 0.25) is 11.8 Å². The van der Waals surface area contributed by atoms with Gasteiger partial charge in [-0.1, -0.05) is 49.6 Å². The maximum Gasteiger partial charge on any atom is 0.335 e. The van der Waals surface area contributed by atoms with E-state index >= 15 is 0 Å². The number of benzene rings is 2. The average molecular weight is 727 g/mol. The molecule has 2 aliphatic heterocycles. The number of carboxylic acid groups (broad SMARTS) is 1. The Balaban J connectivity index is 1.52. The number of aromatic hydroxyl groups is 1. The number of hydrogen-bond donors (Lipinski definition) is 2. The molecule has 2 aromatic carbocycles. The van der Waals surface area contributed by atoms with Crippen molar-refractivity contribution in [3.05, 3.63) is 69.7 Å². The van der Waals surface area contributed by atoms with Crippen molar-refractivity contribution in [2.24, 2.45) is 17.8 Å². The van der Waals surface area contributed by atoms with E-state index in [2.05, 4.69) is 31.9 Å². The van der Waals surface area contributed by atoms with E-state index in [-0.39, 0.29) is 40.9 Å². The SMILES string of the molecule is O=C(O)c1cccc(N2C(=O)[C@H]3[C@H](CC=C4[C@H]3C[C@@]3(Cl)C(=O)N(CBr)C(=O)[C@@]3(Cl)[C@H]4c3cc(Br)ccc3O)C2=O)c1. The number of phenols is 1. The van der Waals surface area contributed by atoms with E-state index in [4.69, 9.17) is 23.2 Å².